The fourth-order valence-corrected chi connectivity index (χ4v) is 3.92. The lowest BCUT2D eigenvalue weighted by Gasteiger charge is -2.30. The quantitative estimate of drug-likeness (QED) is 0.757. The summed E-state index contributed by atoms with van der Waals surface area (Å²) in [5.41, 5.74) is 1.08. The zero-order chi connectivity index (χ0) is 16.4. The average molecular weight is 338 g/mol. The molecule has 126 valence electrons. The van der Waals surface area contributed by atoms with Gasteiger partial charge in [0.15, 0.2) is 0 Å². The van der Waals surface area contributed by atoms with Crippen LogP contribution in [0.3, 0.4) is 0 Å². The molecule has 0 N–H and O–H groups in total. The Bertz CT molecular complexity index is 674. The van der Waals surface area contributed by atoms with E-state index in [1.54, 1.807) is 7.11 Å². The zero-order valence-corrected chi connectivity index (χ0v) is 14.8. The van der Waals surface area contributed by atoms with Gasteiger partial charge in [-0.1, -0.05) is 31.9 Å². The standard InChI is InChI=1S/C16H24ClN5O/c1-4-6-11(2)13-14(17)20-16-18-10-19-22(16)15(13)21-8-5-7-12(21)9-23-3/h10-12H,4-9H2,1-3H3/t11?,12-/m0/s1. The van der Waals surface area contributed by atoms with Crippen LogP contribution < -0.4 is 4.90 Å². The Hall–Kier alpha value is -1.40. The number of methoxy groups -OCH3 is 1. The lowest BCUT2D eigenvalue weighted by atomic mass is 9.97. The van der Waals surface area contributed by atoms with Crippen molar-refractivity contribution in [2.75, 3.05) is 25.2 Å². The number of ether oxygens (including phenoxy) is 1. The van der Waals surface area contributed by atoms with Crippen molar-refractivity contribution in [1.82, 2.24) is 19.6 Å². The highest BCUT2D eigenvalue weighted by Gasteiger charge is 2.31. The Balaban J connectivity index is 2.15. The molecule has 0 radical (unpaired) electrons. The van der Waals surface area contributed by atoms with Crippen molar-refractivity contribution >= 4 is 23.2 Å². The van der Waals surface area contributed by atoms with Crippen molar-refractivity contribution in [3.05, 3.63) is 17.0 Å². The summed E-state index contributed by atoms with van der Waals surface area (Å²) in [7, 11) is 1.75. The summed E-state index contributed by atoms with van der Waals surface area (Å²) in [4.78, 5) is 11.0. The smallest absolute Gasteiger partial charge is 0.255 e. The van der Waals surface area contributed by atoms with Gasteiger partial charge in [0, 0.05) is 19.2 Å². The van der Waals surface area contributed by atoms with Crippen molar-refractivity contribution in [3.63, 3.8) is 0 Å². The first-order valence-electron chi connectivity index (χ1n) is 8.32. The van der Waals surface area contributed by atoms with Crippen LogP contribution in [-0.4, -0.2) is 45.9 Å². The maximum absolute atomic E-state index is 6.55. The minimum atomic E-state index is 0.326. The Labute approximate surface area is 141 Å². The molecule has 0 aliphatic carbocycles. The lowest BCUT2D eigenvalue weighted by Crippen LogP contribution is -2.35. The molecule has 2 atom stereocenters. The highest BCUT2D eigenvalue weighted by Crippen LogP contribution is 2.38. The van der Waals surface area contributed by atoms with Gasteiger partial charge >= 0.3 is 0 Å². The van der Waals surface area contributed by atoms with Gasteiger partial charge in [0.2, 0.25) is 0 Å². The largest absolute Gasteiger partial charge is 0.383 e. The third kappa shape index (κ3) is 3.02. The molecule has 1 aliphatic heterocycles. The van der Waals surface area contributed by atoms with Gasteiger partial charge in [-0.3, -0.25) is 0 Å². The van der Waals surface area contributed by atoms with E-state index in [4.69, 9.17) is 16.3 Å². The minimum Gasteiger partial charge on any atom is -0.383 e. The maximum atomic E-state index is 6.55. The summed E-state index contributed by atoms with van der Waals surface area (Å²) in [5, 5.41) is 4.95. The molecule has 2 aromatic rings. The molecule has 1 saturated heterocycles. The summed E-state index contributed by atoms with van der Waals surface area (Å²) in [5.74, 6) is 1.92. The SMILES string of the molecule is CCCC(C)c1c(Cl)nc2ncnn2c1N1CCC[C@H]1COC. The van der Waals surface area contributed by atoms with Gasteiger partial charge in [-0.2, -0.15) is 19.6 Å². The normalized spacial score (nSPS) is 19.7. The van der Waals surface area contributed by atoms with Gasteiger partial charge in [-0.15, -0.1) is 0 Å². The molecule has 1 aliphatic rings. The van der Waals surface area contributed by atoms with E-state index >= 15 is 0 Å². The third-order valence-corrected chi connectivity index (χ3v) is 4.90. The van der Waals surface area contributed by atoms with Gasteiger partial charge in [0.1, 0.15) is 17.3 Å². The van der Waals surface area contributed by atoms with Crippen LogP contribution in [-0.2, 0) is 4.74 Å². The van der Waals surface area contributed by atoms with Crippen LogP contribution >= 0.6 is 11.6 Å². The molecule has 6 nitrogen and oxygen atoms in total. The highest BCUT2D eigenvalue weighted by molar-refractivity contribution is 6.30. The lowest BCUT2D eigenvalue weighted by molar-refractivity contribution is 0.180. The van der Waals surface area contributed by atoms with Crippen LogP contribution in [0.2, 0.25) is 5.15 Å². The first-order valence-corrected chi connectivity index (χ1v) is 8.69. The number of nitrogens with zero attached hydrogens (tertiary/aromatic N) is 5. The van der Waals surface area contributed by atoms with E-state index in [2.05, 4.69) is 33.8 Å². The predicted molar refractivity (Wildman–Crippen MR) is 91.4 cm³/mol. The van der Waals surface area contributed by atoms with Crippen LogP contribution in [0.1, 0.15) is 51.0 Å². The fraction of sp³-hybridized carbons (Fsp3) is 0.688. The molecular formula is C16H24ClN5O. The number of hydrogen-bond acceptors (Lipinski definition) is 5. The first kappa shape index (κ1) is 16.5. The van der Waals surface area contributed by atoms with E-state index in [-0.39, 0.29) is 0 Å². The Morgan fingerprint density at radius 3 is 3.04 bits per heavy atom. The fourth-order valence-electron chi connectivity index (χ4n) is 3.57. The van der Waals surface area contributed by atoms with Gasteiger partial charge < -0.3 is 9.64 Å². The van der Waals surface area contributed by atoms with E-state index in [0.717, 1.165) is 43.6 Å². The van der Waals surface area contributed by atoms with Crippen molar-refractivity contribution in [2.24, 2.45) is 0 Å². The van der Waals surface area contributed by atoms with Crippen molar-refractivity contribution in [1.29, 1.82) is 0 Å². The van der Waals surface area contributed by atoms with Crippen LogP contribution in [0.15, 0.2) is 6.33 Å². The molecule has 1 fully saturated rings. The average Bonchev–Trinajstić information content (AvgIpc) is 3.15. The van der Waals surface area contributed by atoms with Crippen LogP contribution in [0.4, 0.5) is 5.82 Å². The number of hydrogen-bond donors (Lipinski definition) is 0. The van der Waals surface area contributed by atoms with E-state index in [9.17, 15) is 0 Å². The zero-order valence-electron chi connectivity index (χ0n) is 14.0. The number of rotatable bonds is 6. The second-order valence-electron chi connectivity index (χ2n) is 6.25. The van der Waals surface area contributed by atoms with Crippen molar-refractivity contribution in [3.8, 4) is 0 Å². The van der Waals surface area contributed by atoms with E-state index in [0.29, 0.717) is 29.5 Å². The van der Waals surface area contributed by atoms with Crippen LogP contribution in [0, 0.1) is 0 Å². The highest BCUT2D eigenvalue weighted by atomic mass is 35.5. The minimum absolute atomic E-state index is 0.326. The molecule has 23 heavy (non-hydrogen) atoms. The van der Waals surface area contributed by atoms with Gasteiger partial charge in [-0.05, 0) is 25.2 Å². The van der Waals surface area contributed by atoms with Crippen molar-refractivity contribution < 1.29 is 4.74 Å². The summed E-state index contributed by atoms with van der Waals surface area (Å²) in [6, 6.07) is 0.346. The first-order chi connectivity index (χ1) is 11.2. The number of fused-ring (bicyclic) bond motifs is 1. The molecule has 2 aromatic heterocycles. The topological polar surface area (TPSA) is 55.5 Å². The molecule has 0 bridgehead atoms. The second kappa shape index (κ2) is 7.01. The van der Waals surface area contributed by atoms with E-state index < -0.39 is 0 Å². The molecule has 0 spiro atoms. The van der Waals surface area contributed by atoms with Gasteiger partial charge in [0.05, 0.1) is 12.6 Å². The monoisotopic (exact) mass is 337 g/mol. The van der Waals surface area contributed by atoms with Gasteiger partial charge in [-0.25, -0.2) is 0 Å². The molecule has 7 heteroatoms. The van der Waals surface area contributed by atoms with Gasteiger partial charge in [0.25, 0.3) is 5.78 Å². The molecule has 1 unspecified atom stereocenters. The van der Waals surface area contributed by atoms with Crippen LogP contribution in [0.25, 0.3) is 5.78 Å². The predicted octanol–water partition coefficient (Wildman–Crippen LogP) is 3.30. The number of anilines is 1. The number of halogens is 1. The summed E-state index contributed by atoms with van der Waals surface area (Å²) in [6.07, 6.45) is 5.97. The molecule has 0 saturated carbocycles. The second-order valence-corrected chi connectivity index (χ2v) is 6.60. The third-order valence-electron chi connectivity index (χ3n) is 4.61. The molecule has 3 heterocycles. The Morgan fingerprint density at radius 2 is 2.30 bits per heavy atom. The summed E-state index contributed by atoms with van der Waals surface area (Å²) < 4.78 is 7.25. The molecule has 0 amide bonds. The molecule has 3 rings (SSSR count). The summed E-state index contributed by atoms with van der Waals surface area (Å²) in [6.45, 7) is 6.09. The molecule has 0 aromatic carbocycles. The maximum Gasteiger partial charge on any atom is 0.255 e. The van der Waals surface area contributed by atoms with Crippen molar-refractivity contribution in [2.45, 2.75) is 51.5 Å². The Kier molecular flexibility index (Phi) is 5.02. The van der Waals surface area contributed by atoms with E-state index in [1.807, 2.05) is 4.52 Å². The molecular weight excluding hydrogens is 314 g/mol. The van der Waals surface area contributed by atoms with Crippen LogP contribution in [0.5, 0.6) is 0 Å². The number of aromatic nitrogens is 4. The van der Waals surface area contributed by atoms with E-state index in [1.165, 1.54) is 6.33 Å². The summed E-state index contributed by atoms with van der Waals surface area (Å²) >= 11 is 6.55. The Morgan fingerprint density at radius 1 is 1.48 bits per heavy atom.